The first kappa shape index (κ1) is 21.0. The molecule has 0 bridgehead atoms. The Morgan fingerprint density at radius 1 is 1.32 bits per heavy atom. The van der Waals surface area contributed by atoms with Gasteiger partial charge in [0.25, 0.3) is 0 Å². The highest BCUT2D eigenvalue weighted by atomic mass is 32.2. The van der Waals surface area contributed by atoms with Crippen molar-refractivity contribution in [2.24, 2.45) is 0 Å². The summed E-state index contributed by atoms with van der Waals surface area (Å²) in [6.45, 7) is 5.82. The molecule has 1 aromatic heterocycles. The van der Waals surface area contributed by atoms with E-state index in [2.05, 4.69) is 4.72 Å². The second kappa shape index (κ2) is 8.32. The van der Waals surface area contributed by atoms with E-state index in [0.29, 0.717) is 6.54 Å². The van der Waals surface area contributed by atoms with Crippen LogP contribution >= 0.6 is 11.3 Å². The summed E-state index contributed by atoms with van der Waals surface area (Å²) in [5, 5.41) is 12.2. The standard InChI is InChI=1S/C20H26N2O4S2/c1-4-17-16-10-12-27-18(16)9-11-22(17)20(24)19(14(3)23)21-28(25,26)15-7-5-13(2)6-8-15/h5-8,10,12,14,17,19,21,23H,4,9,11H2,1-3H3. The highest BCUT2D eigenvalue weighted by Gasteiger charge is 2.37. The Morgan fingerprint density at radius 2 is 2.00 bits per heavy atom. The Bertz CT molecular complexity index is 935. The maximum atomic E-state index is 13.2. The first-order chi connectivity index (χ1) is 13.2. The molecule has 3 unspecified atom stereocenters. The number of rotatable bonds is 6. The predicted molar refractivity (Wildman–Crippen MR) is 110 cm³/mol. The van der Waals surface area contributed by atoms with Gasteiger partial charge in [0, 0.05) is 11.4 Å². The van der Waals surface area contributed by atoms with Crippen LogP contribution in [-0.4, -0.2) is 43.0 Å². The number of nitrogens with one attached hydrogen (secondary N) is 1. The number of sulfonamides is 1. The fourth-order valence-corrected chi connectivity index (χ4v) is 5.78. The van der Waals surface area contributed by atoms with E-state index in [1.807, 2.05) is 25.3 Å². The van der Waals surface area contributed by atoms with E-state index in [9.17, 15) is 18.3 Å². The van der Waals surface area contributed by atoms with Gasteiger partial charge in [0.1, 0.15) is 6.04 Å². The first-order valence-electron chi connectivity index (χ1n) is 9.38. The molecule has 0 aliphatic carbocycles. The average Bonchev–Trinajstić information content (AvgIpc) is 3.13. The van der Waals surface area contributed by atoms with E-state index in [0.717, 1.165) is 24.0 Å². The van der Waals surface area contributed by atoms with Gasteiger partial charge in [0.2, 0.25) is 15.9 Å². The Labute approximate surface area is 170 Å². The number of aryl methyl sites for hydroxylation is 1. The van der Waals surface area contributed by atoms with Crippen molar-refractivity contribution >= 4 is 27.3 Å². The summed E-state index contributed by atoms with van der Waals surface area (Å²) in [7, 11) is -3.93. The third-order valence-electron chi connectivity index (χ3n) is 5.13. The Kier molecular flexibility index (Phi) is 6.24. The fourth-order valence-electron chi connectivity index (χ4n) is 3.59. The van der Waals surface area contributed by atoms with Crippen molar-refractivity contribution in [1.82, 2.24) is 9.62 Å². The van der Waals surface area contributed by atoms with Crippen LogP contribution in [-0.2, 0) is 21.2 Å². The quantitative estimate of drug-likeness (QED) is 0.749. The van der Waals surface area contributed by atoms with Crippen molar-refractivity contribution in [1.29, 1.82) is 0 Å². The maximum Gasteiger partial charge on any atom is 0.243 e. The molecule has 2 N–H and O–H groups in total. The van der Waals surface area contributed by atoms with Gasteiger partial charge in [-0.1, -0.05) is 24.6 Å². The van der Waals surface area contributed by atoms with Gasteiger partial charge in [-0.15, -0.1) is 11.3 Å². The molecular weight excluding hydrogens is 396 g/mol. The lowest BCUT2D eigenvalue weighted by atomic mass is 9.96. The zero-order valence-electron chi connectivity index (χ0n) is 16.3. The molecule has 3 rings (SSSR count). The molecule has 1 aromatic carbocycles. The average molecular weight is 423 g/mol. The fraction of sp³-hybridized carbons (Fsp3) is 0.450. The topological polar surface area (TPSA) is 86.7 Å². The SMILES string of the molecule is CCC1c2ccsc2CCN1C(=O)C(NS(=O)(=O)c1ccc(C)cc1)C(C)O. The minimum Gasteiger partial charge on any atom is -0.391 e. The van der Waals surface area contributed by atoms with Gasteiger partial charge in [0.05, 0.1) is 17.0 Å². The third-order valence-corrected chi connectivity index (χ3v) is 7.58. The zero-order valence-corrected chi connectivity index (χ0v) is 17.9. The van der Waals surface area contributed by atoms with E-state index < -0.39 is 28.1 Å². The van der Waals surface area contributed by atoms with Gasteiger partial charge >= 0.3 is 0 Å². The van der Waals surface area contributed by atoms with Crippen LogP contribution < -0.4 is 4.72 Å². The second-order valence-electron chi connectivity index (χ2n) is 7.16. The predicted octanol–water partition coefficient (Wildman–Crippen LogP) is 2.62. The molecular formula is C20H26N2O4S2. The van der Waals surface area contributed by atoms with Crippen LogP contribution in [0.25, 0.3) is 0 Å². The number of benzene rings is 1. The molecule has 0 radical (unpaired) electrons. The number of hydrogen-bond donors (Lipinski definition) is 2. The summed E-state index contributed by atoms with van der Waals surface area (Å²) in [6, 6.07) is 7.07. The van der Waals surface area contributed by atoms with Crippen LogP contribution in [0.5, 0.6) is 0 Å². The lowest BCUT2D eigenvalue weighted by Crippen LogP contribution is -2.55. The Hall–Kier alpha value is -1.74. The molecule has 0 saturated carbocycles. The number of fused-ring (bicyclic) bond motifs is 1. The second-order valence-corrected chi connectivity index (χ2v) is 9.87. The first-order valence-corrected chi connectivity index (χ1v) is 11.7. The number of carbonyl (C=O) groups excluding carboxylic acids is 1. The summed E-state index contributed by atoms with van der Waals surface area (Å²) in [4.78, 5) is 16.3. The molecule has 0 fully saturated rings. The van der Waals surface area contributed by atoms with Crippen LogP contribution in [0.1, 0.15) is 42.3 Å². The zero-order chi connectivity index (χ0) is 20.5. The van der Waals surface area contributed by atoms with Gasteiger partial charge in [-0.25, -0.2) is 8.42 Å². The van der Waals surface area contributed by atoms with Crippen molar-refractivity contribution < 1.29 is 18.3 Å². The monoisotopic (exact) mass is 422 g/mol. The molecule has 2 heterocycles. The Morgan fingerprint density at radius 3 is 2.61 bits per heavy atom. The summed E-state index contributed by atoms with van der Waals surface area (Å²) >= 11 is 1.68. The molecule has 6 nitrogen and oxygen atoms in total. The molecule has 1 aliphatic rings. The highest BCUT2D eigenvalue weighted by Crippen LogP contribution is 2.35. The largest absolute Gasteiger partial charge is 0.391 e. The van der Waals surface area contributed by atoms with Crippen LogP contribution in [0.3, 0.4) is 0 Å². The van der Waals surface area contributed by atoms with E-state index >= 15 is 0 Å². The number of thiophene rings is 1. The Balaban J connectivity index is 1.86. The summed E-state index contributed by atoms with van der Waals surface area (Å²) in [5.74, 6) is -0.394. The van der Waals surface area contributed by atoms with Crippen LogP contribution in [0.15, 0.2) is 40.6 Å². The number of aliphatic hydroxyl groups excluding tert-OH is 1. The lowest BCUT2D eigenvalue weighted by molar-refractivity contribution is -0.138. The number of hydrogen-bond acceptors (Lipinski definition) is 5. The summed E-state index contributed by atoms with van der Waals surface area (Å²) in [5.41, 5.74) is 2.06. The number of amides is 1. The van der Waals surface area contributed by atoms with Gasteiger partial charge in [0.15, 0.2) is 0 Å². The molecule has 1 aliphatic heterocycles. The van der Waals surface area contributed by atoms with Crippen molar-refractivity contribution in [3.05, 3.63) is 51.7 Å². The number of nitrogens with zero attached hydrogens (tertiary/aromatic N) is 1. The summed E-state index contributed by atoms with van der Waals surface area (Å²) < 4.78 is 27.9. The number of carbonyl (C=O) groups is 1. The molecule has 0 saturated heterocycles. The van der Waals surface area contributed by atoms with Crippen molar-refractivity contribution in [3.8, 4) is 0 Å². The van der Waals surface area contributed by atoms with Gasteiger partial charge in [-0.2, -0.15) is 4.72 Å². The van der Waals surface area contributed by atoms with Crippen LogP contribution in [0.2, 0.25) is 0 Å². The minimum absolute atomic E-state index is 0.0716. The van der Waals surface area contributed by atoms with Gasteiger partial charge in [-0.05, 0) is 55.8 Å². The smallest absolute Gasteiger partial charge is 0.243 e. The molecule has 2 aromatic rings. The normalized spacial score (nSPS) is 19.1. The van der Waals surface area contributed by atoms with Crippen LogP contribution in [0.4, 0.5) is 0 Å². The lowest BCUT2D eigenvalue weighted by Gasteiger charge is -2.38. The molecule has 152 valence electrons. The van der Waals surface area contributed by atoms with Crippen molar-refractivity contribution in [2.75, 3.05) is 6.54 Å². The van der Waals surface area contributed by atoms with E-state index in [1.54, 1.807) is 28.4 Å². The molecule has 3 atom stereocenters. The van der Waals surface area contributed by atoms with Crippen molar-refractivity contribution in [2.45, 2.75) is 56.7 Å². The molecule has 28 heavy (non-hydrogen) atoms. The van der Waals surface area contributed by atoms with Gasteiger partial charge in [-0.3, -0.25) is 4.79 Å². The van der Waals surface area contributed by atoms with Crippen LogP contribution in [0, 0.1) is 6.92 Å². The number of aliphatic hydroxyl groups is 1. The maximum absolute atomic E-state index is 13.2. The molecule has 1 amide bonds. The molecule has 8 heteroatoms. The third kappa shape index (κ3) is 4.15. The van der Waals surface area contributed by atoms with E-state index in [1.165, 1.54) is 23.9 Å². The minimum atomic E-state index is -3.93. The van der Waals surface area contributed by atoms with E-state index in [4.69, 9.17) is 0 Å². The van der Waals surface area contributed by atoms with Gasteiger partial charge < -0.3 is 10.0 Å². The highest BCUT2D eigenvalue weighted by molar-refractivity contribution is 7.89. The molecule has 0 spiro atoms. The van der Waals surface area contributed by atoms with Crippen molar-refractivity contribution in [3.63, 3.8) is 0 Å². The summed E-state index contributed by atoms with van der Waals surface area (Å²) in [6.07, 6.45) is 0.313. The van der Waals surface area contributed by atoms with E-state index in [-0.39, 0.29) is 10.9 Å².